The van der Waals surface area contributed by atoms with Gasteiger partial charge in [0, 0.05) is 54.5 Å². The summed E-state index contributed by atoms with van der Waals surface area (Å²) in [5, 5.41) is 0. The zero-order valence-corrected chi connectivity index (χ0v) is 17.6. The standard InChI is InChI=1S/C25H27F3N2/c1-3-19-17(11-30-13-25(14-30)10-15(2)29-12-25)8-21(16-4-5-16)23(24(19)28)20-7-6-18(26)9-22(20)27/h6-9,16H,3-5,10-14H2,1-2H3. The third-order valence-corrected chi connectivity index (χ3v) is 6.89. The molecule has 0 aromatic heterocycles. The predicted molar refractivity (Wildman–Crippen MR) is 113 cm³/mol. The van der Waals surface area contributed by atoms with Crippen LogP contribution in [0.5, 0.6) is 0 Å². The van der Waals surface area contributed by atoms with E-state index < -0.39 is 11.6 Å². The summed E-state index contributed by atoms with van der Waals surface area (Å²) in [5.74, 6) is -1.42. The summed E-state index contributed by atoms with van der Waals surface area (Å²) >= 11 is 0. The molecule has 0 radical (unpaired) electrons. The highest BCUT2D eigenvalue weighted by Gasteiger charge is 2.45. The molecule has 2 fully saturated rings. The summed E-state index contributed by atoms with van der Waals surface area (Å²) in [5.41, 5.74) is 4.55. The van der Waals surface area contributed by atoms with Gasteiger partial charge in [-0.2, -0.15) is 0 Å². The molecule has 0 atom stereocenters. The van der Waals surface area contributed by atoms with Crippen LogP contribution in [-0.2, 0) is 13.0 Å². The zero-order valence-electron chi connectivity index (χ0n) is 17.6. The normalized spacial score (nSPS) is 20.5. The quantitative estimate of drug-likeness (QED) is 0.599. The Morgan fingerprint density at radius 3 is 2.50 bits per heavy atom. The van der Waals surface area contributed by atoms with E-state index in [1.807, 2.05) is 6.92 Å². The number of likely N-dealkylation sites (tertiary alicyclic amines) is 1. The van der Waals surface area contributed by atoms with E-state index in [1.165, 1.54) is 17.8 Å². The van der Waals surface area contributed by atoms with Crippen molar-refractivity contribution in [1.82, 2.24) is 4.90 Å². The minimum Gasteiger partial charge on any atom is -0.298 e. The van der Waals surface area contributed by atoms with Crippen LogP contribution in [0.3, 0.4) is 0 Å². The van der Waals surface area contributed by atoms with Crippen LogP contribution in [-0.4, -0.2) is 30.2 Å². The summed E-state index contributed by atoms with van der Waals surface area (Å²) < 4.78 is 43.8. The summed E-state index contributed by atoms with van der Waals surface area (Å²) in [7, 11) is 0. The molecular formula is C25H27F3N2. The van der Waals surface area contributed by atoms with Gasteiger partial charge in [0.05, 0.1) is 0 Å². The van der Waals surface area contributed by atoms with E-state index >= 15 is 4.39 Å². The Kier molecular flexibility index (Phi) is 4.77. The van der Waals surface area contributed by atoms with Crippen molar-refractivity contribution in [1.29, 1.82) is 0 Å². The number of halogens is 3. The van der Waals surface area contributed by atoms with E-state index in [-0.39, 0.29) is 22.7 Å². The fourth-order valence-electron chi connectivity index (χ4n) is 5.40. The van der Waals surface area contributed by atoms with Gasteiger partial charge in [0.1, 0.15) is 17.5 Å². The molecule has 2 aliphatic heterocycles. The molecule has 5 rings (SSSR count). The molecule has 1 saturated heterocycles. The zero-order chi connectivity index (χ0) is 21.0. The molecule has 2 aromatic rings. The van der Waals surface area contributed by atoms with E-state index in [0.29, 0.717) is 24.1 Å². The minimum absolute atomic E-state index is 0.165. The van der Waals surface area contributed by atoms with Crippen molar-refractivity contribution in [3.63, 3.8) is 0 Å². The van der Waals surface area contributed by atoms with Crippen LogP contribution >= 0.6 is 0 Å². The lowest BCUT2D eigenvalue weighted by Gasteiger charge is -2.48. The van der Waals surface area contributed by atoms with Gasteiger partial charge in [-0.3, -0.25) is 9.89 Å². The Hall–Kier alpha value is -2.14. The maximum Gasteiger partial charge on any atom is 0.134 e. The van der Waals surface area contributed by atoms with E-state index in [4.69, 9.17) is 0 Å². The van der Waals surface area contributed by atoms with Crippen LogP contribution in [0.2, 0.25) is 0 Å². The first-order chi connectivity index (χ1) is 14.4. The Bertz CT molecular complexity index is 1030. The Labute approximate surface area is 175 Å². The van der Waals surface area contributed by atoms with Crippen LogP contribution in [0.1, 0.15) is 55.7 Å². The monoisotopic (exact) mass is 412 g/mol. The molecule has 30 heavy (non-hydrogen) atoms. The number of rotatable bonds is 5. The summed E-state index contributed by atoms with van der Waals surface area (Å²) in [6.45, 7) is 7.64. The van der Waals surface area contributed by atoms with Gasteiger partial charge in [0.15, 0.2) is 0 Å². The lowest BCUT2D eigenvalue weighted by molar-refractivity contribution is 0.0129. The van der Waals surface area contributed by atoms with E-state index in [2.05, 4.69) is 22.9 Å². The second-order valence-electron chi connectivity index (χ2n) is 9.42. The van der Waals surface area contributed by atoms with Crippen molar-refractivity contribution >= 4 is 5.71 Å². The van der Waals surface area contributed by atoms with Gasteiger partial charge in [-0.05, 0) is 67.3 Å². The SMILES string of the molecule is CCc1c(CN2CC3(CN=C(C)C3)C2)cc(C2CC2)c(-c2ccc(F)cc2F)c1F. The highest BCUT2D eigenvalue weighted by Crippen LogP contribution is 2.48. The number of nitrogens with zero attached hydrogens (tertiary/aromatic N) is 2. The molecule has 2 heterocycles. The molecule has 5 heteroatoms. The second kappa shape index (κ2) is 7.23. The van der Waals surface area contributed by atoms with Crippen LogP contribution in [0.25, 0.3) is 11.1 Å². The summed E-state index contributed by atoms with van der Waals surface area (Å²) in [4.78, 5) is 6.95. The number of aliphatic imine (C=N–C) groups is 1. The van der Waals surface area contributed by atoms with Gasteiger partial charge in [-0.25, -0.2) is 13.2 Å². The predicted octanol–water partition coefficient (Wildman–Crippen LogP) is 5.88. The highest BCUT2D eigenvalue weighted by molar-refractivity contribution is 5.84. The largest absolute Gasteiger partial charge is 0.298 e. The Morgan fingerprint density at radius 2 is 1.90 bits per heavy atom. The van der Waals surface area contributed by atoms with Gasteiger partial charge in [0.25, 0.3) is 0 Å². The van der Waals surface area contributed by atoms with Gasteiger partial charge in [0.2, 0.25) is 0 Å². The molecule has 3 aliphatic rings. The molecule has 0 unspecified atom stereocenters. The number of benzene rings is 2. The number of hydrogen-bond donors (Lipinski definition) is 0. The van der Waals surface area contributed by atoms with Crippen LogP contribution < -0.4 is 0 Å². The van der Waals surface area contributed by atoms with Gasteiger partial charge >= 0.3 is 0 Å². The van der Waals surface area contributed by atoms with Crippen molar-refractivity contribution in [2.24, 2.45) is 10.4 Å². The van der Waals surface area contributed by atoms with Crippen molar-refractivity contribution < 1.29 is 13.2 Å². The maximum absolute atomic E-state index is 15.8. The molecule has 0 bridgehead atoms. The fourth-order valence-corrected chi connectivity index (χ4v) is 5.40. The van der Waals surface area contributed by atoms with Crippen molar-refractivity contribution in [2.75, 3.05) is 19.6 Å². The van der Waals surface area contributed by atoms with E-state index in [0.717, 1.165) is 56.1 Å². The smallest absolute Gasteiger partial charge is 0.134 e. The lowest BCUT2D eigenvalue weighted by atomic mass is 9.77. The van der Waals surface area contributed by atoms with Crippen molar-refractivity contribution in [2.45, 2.75) is 52.0 Å². The molecule has 2 nitrogen and oxygen atoms in total. The first-order valence-corrected chi connectivity index (χ1v) is 10.9. The van der Waals surface area contributed by atoms with Crippen LogP contribution in [0.4, 0.5) is 13.2 Å². The second-order valence-corrected chi connectivity index (χ2v) is 9.42. The third-order valence-electron chi connectivity index (χ3n) is 6.89. The average molecular weight is 412 g/mol. The Morgan fingerprint density at radius 1 is 1.13 bits per heavy atom. The molecule has 2 aromatic carbocycles. The first-order valence-electron chi connectivity index (χ1n) is 10.9. The topological polar surface area (TPSA) is 15.6 Å². The van der Waals surface area contributed by atoms with Gasteiger partial charge < -0.3 is 0 Å². The summed E-state index contributed by atoms with van der Waals surface area (Å²) in [6, 6.07) is 5.52. The first kappa shape index (κ1) is 19.8. The average Bonchev–Trinajstić information content (AvgIpc) is 3.44. The van der Waals surface area contributed by atoms with E-state index in [9.17, 15) is 8.78 Å². The van der Waals surface area contributed by atoms with Crippen molar-refractivity contribution in [3.05, 3.63) is 58.4 Å². The Balaban J connectivity index is 1.49. The fraction of sp³-hybridized carbons (Fsp3) is 0.480. The molecule has 0 N–H and O–H groups in total. The van der Waals surface area contributed by atoms with Gasteiger partial charge in [-0.15, -0.1) is 0 Å². The van der Waals surface area contributed by atoms with Crippen LogP contribution in [0, 0.1) is 22.9 Å². The third kappa shape index (κ3) is 3.37. The molecule has 1 spiro atoms. The number of hydrogen-bond acceptors (Lipinski definition) is 2. The molecule has 1 saturated carbocycles. The minimum atomic E-state index is -0.702. The van der Waals surface area contributed by atoms with Gasteiger partial charge in [-0.1, -0.05) is 13.0 Å². The molecule has 1 aliphatic carbocycles. The summed E-state index contributed by atoms with van der Waals surface area (Å²) in [6.07, 6.45) is 3.59. The lowest BCUT2D eigenvalue weighted by Crippen LogP contribution is -2.56. The molecular weight excluding hydrogens is 385 g/mol. The molecule has 0 amide bonds. The van der Waals surface area contributed by atoms with Crippen molar-refractivity contribution in [3.8, 4) is 11.1 Å². The molecule has 158 valence electrons. The van der Waals surface area contributed by atoms with Crippen LogP contribution in [0.15, 0.2) is 29.3 Å². The van der Waals surface area contributed by atoms with E-state index in [1.54, 1.807) is 0 Å². The highest BCUT2D eigenvalue weighted by atomic mass is 19.1. The maximum atomic E-state index is 15.8.